The maximum Gasteiger partial charge on any atom is 0.359 e. The number of rotatable bonds is 5. The Labute approximate surface area is 128 Å². The average molecular weight is 293 g/mol. The monoisotopic (exact) mass is 293 g/mol. The number of nitrogens with zero attached hydrogens (tertiary/aromatic N) is 2. The van der Waals surface area contributed by atoms with Crippen molar-refractivity contribution >= 4 is 17.4 Å². The number of nitriles is 1. The van der Waals surface area contributed by atoms with Crippen molar-refractivity contribution in [3.8, 4) is 6.07 Å². The smallest absolute Gasteiger partial charge is 0.359 e. The zero-order valence-electron chi connectivity index (χ0n) is 12.1. The Kier molecular flexibility index (Phi) is 5.27. The molecule has 0 aliphatic heterocycles. The van der Waals surface area contributed by atoms with Gasteiger partial charge in [0.15, 0.2) is 5.71 Å². The Morgan fingerprint density at radius 2 is 1.86 bits per heavy atom. The first kappa shape index (κ1) is 15.3. The zero-order valence-corrected chi connectivity index (χ0v) is 12.1. The number of esters is 1. The lowest BCUT2D eigenvalue weighted by molar-refractivity contribution is -0.134. The standard InChI is InChI=1S/C17H15N3O2/c1-2-22-17(21)16(14-6-4-3-5-7-14)20-19-15-10-8-13(12-18)9-11-15/h3-11,19H,2H2,1H3/b20-16-. The van der Waals surface area contributed by atoms with E-state index in [0.717, 1.165) is 0 Å². The second kappa shape index (κ2) is 7.60. The summed E-state index contributed by atoms with van der Waals surface area (Å²) in [5.41, 5.74) is 4.92. The van der Waals surface area contributed by atoms with Crippen molar-refractivity contribution < 1.29 is 9.53 Å². The van der Waals surface area contributed by atoms with Crippen LogP contribution in [0.25, 0.3) is 0 Å². The Balaban J connectivity index is 2.24. The van der Waals surface area contributed by atoms with Crippen LogP contribution in [0.1, 0.15) is 18.1 Å². The number of ether oxygens (including phenoxy) is 1. The fourth-order valence-corrected chi connectivity index (χ4v) is 1.76. The summed E-state index contributed by atoms with van der Waals surface area (Å²) in [5.74, 6) is -0.491. The Bertz CT molecular complexity index is 701. The van der Waals surface area contributed by atoms with Crippen LogP contribution in [0.3, 0.4) is 0 Å². The third-order valence-corrected chi connectivity index (χ3v) is 2.83. The summed E-state index contributed by atoms with van der Waals surface area (Å²) in [6.45, 7) is 2.02. The van der Waals surface area contributed by atoms with Gasteiger partial charge in [-0.15, -0.1) is 0 Å². The molecule has 5 heteroatoms. The average Bonchev–Trinajstić information content (AvgIpc) is 2.57. The molecule has 1 N–H and O–H groups in total. The molecule has 0 bridgehead atoms. The first-order chi connectivity index (χ1) is 10.7. The third kappa shape index (κ3) is 3.93. The molecule has 0 aromatic heterocycles. The van der Waals surface area contributed by atoms with E-state index in [-0.39, 0.29) is 12.3 Å². The van der Waals surface area contributed by atoms with Crippen LogP contribution < -0.4 is 5.43 Å². The maximum absolute atomic E-state index is 12.0. The van der Waals surface area contributed by atoms with Gasteiger partial charge in [-0.1, -0.05) is 30.3 Å². The first-order valence-electron chi connectivity index (χ1n) is 6.81. The Morgan fingerprint density at radius 3 is 2.45 bits per heavy atom. The molecule has 2 aromatic carbocycles. The van der Waals surface area contributed by atoms with E-state index in [4.69, 9.17) is 10.00 Å². The van der Waals surface area contributed by atoms with E-state index in [1.54, 1.807) is 43.3 Å². The van der Waals surface area contributed by atoms with Crippen LogP contribution in [-0.4, -0.2) is 18.3 Å². The molecule has 0 fully saturated rings. The molecule has 0 saturated heterocycles. The van der Waals surface area contributed by atoms with Crippen molar-refractivity contribution in [2.24, 2.45) is 5.10 Å². The molecular formula is C17H15N3O2. The predicted octanol–water partition coefficient (Wildman–Crippen LogP) is 2.94. The molecule has 0 radical (unpaired) electrons. The van der Waals surface area contributed by atoms with Crippen LogP contribution in [0.2, 0.25) is 0 Å². The topological polar surface area (TPSA) is 74.5 Å². The lowest BCUT2D eigenvalue weighted by Crippen LogP contribution is -2.20. The summed E-state index contributed by atoms with van der Waals surface area (Å²) in [7, 11) is 0. The van der Waals surface area contributed by atoms with E-state index in [2.05, 4.69) is 10.5 Å². The Morgan fingerprint density at radius 1 is 1.18 bits per heavy atom. The van der Waals surface area contributed by atoms with Gasteiger partial charge in [0.25, 0.3) is 0 Å². The lowest BCUT2D eigenvalue weighted by atomic mass is 10.1. The van der Waals surface area contributed by atoms with Crippen LogP contribution >= 0.6 is 0 Å². The number of carbonyl (C=O) groups is 1. The van der Waals surface area contributed by atoms with E-state index >= 15 is 0 Å². The summed E-state index contributed by atoms with van der Waals surface area (Å²) in [6, 6.07) is 17.9. The molecule has 0 aliphatic carbocycles. The van der Waals surface area contributed by atoms with Gasteiger partial charge < -0.3 is 4.74 Å². The number of nitrogens with one attached hydrogen (secondary N) is 1. The van der Waals surface area contributed by atoms with Crippen molar-refractivity contribution in [2.75, 3.05) is 12.0 Å². The van der Waals surface area contributed by atoms with Crippen LogP contribution in [0.5, 0.6) is 0 Å². The van der Waals surface area contributed by atoms with E-state index in [9.17, 15) is 4.79 Å². The summed E-state index contributed by atoms with van der Waals surface area (Å²) in [5, 5.41) is 12.9. The van der Waals surface area contributed by atoms with Gasteiger partial charge in [-0.05, 0) is 31.2 Å². The van der Waals surface area contributed by atoms with Crippen LogP contribution in [0.4, 0.5) is 5.69 Å². The summed E-state index contributed by atoms with van der Waals surface area (Å²) >= 11 is 0. The normalized spacial score (nSPS) is 10.6. The van der Waals surface area contributed by atoms with Gasteiger partial charge in [0.05, 0.1) is 23.9 Å². The molecule has 22 heavy (non-hydrogen) atoms. The molecule has 0 amide bonds. The number of benzene rings is 2. The largest absolute Gasteiger partial charge is 0.461 e. The predicted molar refractivity (Wildman–Crippen MR) is 84.4 cm³/mol. The van der Waals surface area contributed by atoms with Crippen molar-refractivity contribution in [1.29, 1.82) is 5.26 Å². The fraction of sp³-hybridized carbons (Fsp3) is 0.118. The summed E-state index contributed by atoms with van der Waals surface area (Å²) in [6.07, 6.45) is 0. The molecule has 0 saturated carbocycles. The van der Waals surface area contributed by atoms with Gasteiger partial charge >= 0.3 is 5.97 Å². The van der Waals surface area contributed by atoms with Crippen LogP contribution in [0, 0.1) is 11.3 Å². The number of anilines is 1. The molecule has 2 rings (SSSR count). The molecule has 0 aliphatic rings. The molecule has 5 nitrogen and oxygen atoms in total. The third-order valence-electron chi connectivity index (χ3n) is 2.83. The Hall–Kier alpha value is -3.13. The highest BCUT2D eigenvalue weighted by Crippen LogP contribution is 2.10. The van der Waals surface area contributed by atoms with Gasteiger partial charge in [0.1, 0.15) is 0 Å². The number of hydrogen-bond donors (Lipinski definition) is 1. The molecule has 0 spiro atoms. The van der Waals surface area contributed by atoms with Gasteiger partial charge in [-0.2, -0.15) is 10.4 Å². The molecule has 0 heterocycles. The highest BCUT2D eigenvalue weighted by Gasteiger charge is 2.15. The van der Waals surface area contributed by atoms with Gasteiger partial charge in [0.2, 0.25) is 0 Å². The van der Waals surface area contributed by atoms with Gasteiger partial charge in [-0.25, -0.2) is 4.79 Å². The molecule has 0 atom stereocenters. The summed E-state index contributed by atoms with van der Waals surface area (Å²) in [4.78, 5) is 12.0. The molecule has 2 aromatic rings. The maximum atomic E-state index is 12.0. The van der Waals surface area contributed by atoms with E-state index in [0.29, 0.717) is 16.8 Å². The zero-order chi connectivity index (χ0) is 15.8. The van der Waals surface area contributed by atoms with Crippen molar-refractivity contribution in [3.05, 3.63) is 65.7 Å². The van der Waals surface area contributed by atoms with Crippen molar-refractivity contribution in [2.45, 2.75) is 6.92 Å². The molecule has 110 valence electrons. The van der Waals surface area contributed by atoms with E-state index in [1.165, 1.54) is 0 Å². The first-order valence-corrected chi connectivity index (χ1v) is 6.81. The highest BCUT2D eigenvalue weighted by atomic mass is 16.5. The van der Waals surface area contributed by atoms with Crippen molar-refractivity contribution in [3.63, 3.8) is 0 Å². The van der Waals surface area contributed by atoms with Crippen molar-refractivity contribution in [1.82, 2.24) is 0 Å². The number of hydrogen-bond acceptors (Lipinski definition) is 5. The van der Waals surface area contributed by atoms with E-state index < -0.39 is 5.97 Å². The lowest BCUT2D eigenvalue weighted by Gasteiger charge is -2.07. The molecule has 0 unspecified atom stereocenters. The minimum absolute atomic E-state index is 0.201. The number of carbonyl (C=O) groups excluding carboxylic acids is 1. The van der Waals surface area contributed by atoms with Gasteiger partial charge in [-0.3, -0.25) is 5.43 Å². The second-order valence-corrected chi connectivity index (χ2v) is 4.35. The minimum Gasteiger partial charge on any atom is -0.461 e. The SMILES string of the molecule is CCOC(=O)/C(=N\Nc1ccc(C#N)cc1)c1ccccc1. The van der Waals surface area contributed by atoms with Gasteiger partial charge in [0, 0.05) is 5.56 Å². The minimum atomic E-state index is -0.491. The second-order valence-electron chi connectivity index (χ2n) is 4.35. The molecular weight excluding hydrogens is 278 g/mol. The van der Waals surface area contributed by atoms with Crippen LogP contribution in [-0.2, 0) is 9.53 Å². The fourth-order valence-electron chi connectivity index (χ4n) is 1.76. The number of hydrazone groups is 1. The van der Waals surface area contributed by atoms with E-state index in [1.807, 2.05) is 24.3 Å². The van der Waals surface area contributed by atoms with Crippen LogP contribution in [0.15, 0.2) is 59.7 Å². The highest BCUT2D eigenvalue weighted by molar-refractivity contribution is 6.43. The quantitative estimate of drug-likeness (QED) is 0.522. The summed E-state index contributed by atoms with van der Waals surface area (Å²) < 4.78 is 5.03.